The van der Waals surface area contributed by atoms with E-state index in [1.807, 2.05) is 58.0 Å². The molecule has 0 aliphatic carbocycles. The van der Waals surface area contributed by atoms with Crippen molar-refractivity contribution in [2.45, 2.75) is 11.6 Å². The molecule has 28 heavy (non-hydrogen) atoms. The van der Waals surface area contributed by atoms with Crippen molar-refractivity contribution in [1.29, 1.82) is 0 Å². The van der Waals surface area contributed by atoms with Gasteiger partial charge in [-0.25, -0.2) is 4.98 Å². The molecule has 3 heterocycles. The van der Waals surface area contributed by atoms with E-state index < -0.39 is 0 Å². The second-order valence-electron chi connectivity index (χ2n) is 6.47. The molecule has 0 bridgehead atoms. The lowest BCUT2D eigenvalue weighted by Crippen LogP contribution is -2.49. The zero-order chi connectivity index (χ0) is 19.2. The van der Waals surface area contributed by atoms with E-state index in [1.54, 1.807) is 24.3 Å². The summed E-state index contributed by atoms with van der Waals surface area (Å²) in [4.78, 5) is 21.1. The van der Waals surface area contributed by atoms with Crippen molar-refractivity contribution in [1.82, 2.24) is 24.6 Å². The Morgan fingerprint density at radius 3 is 2.54 bits per heavy atom. The Labute approximate surface area is 168 Å². The summed E-state index contributed by atoms with van der Waals surface area (Å²) in [5.41, 5.74) is 1.02. The molecule has 8 heteroatoms. The third-order valence-corrected chi connectivity index (χ3v) is 5.65. The van der Waals surface area contributed by atoms with Crippen LogP contribution in [0.5, 0.6) is 0 Å². The molecule has 1 aliphatic heterocycles. The molecule has 0 N–H and O–H groups in total. The van der Waals surface area contributed by atoms with Gasteiger partial charge in [-0.2, -0.15) is 0 Å². The summed E-state index contributed by atoms with van der Waals surface area (Å²) in [5.74, 6) is 1.86. The highest BCUT2D eigenvalue weighted by Crippen LogP contribution is 2.20. The minimum absolute atomic E-state index is 0.193. The van der Waals surface area contributed by atoms with Crippen molar-refractivity contribution < 1.29 is 4.79 Å². The average Bonchev–Trinajstić information content (AvgIpc) is 3.23. The molecule has 0 saturated carbocycles. The number of hydrogen-bond acceptors (Lipinski definition) is 6. The Morgan fingerprint density at radius 2 is 1.79 bits per heavy atom. The minimum atomic E-state index is 0.193. The van der Waals surface area contributed by atoms with Crippen molar-refractivity contribution in [3.8, 4) is 5.69 Å². The number of anilines is 1. The fourth-order valence-corrected chi connectivity index (χ4v) is 4.06. The number of carbonyl (C=O) groups is 1. The molecule has 144 valence electrons. The summed E-state index contributed by atoms with van der Waals surface area (Å²) >= 11 is 1.56. The number of piperazine rings is 1. The van der Waals surface area contributed by atoms with Crippen LogP contribution in [0.25, 0.3) is 5.69 Å². The van der Waals surface area contributed by atoms with Crippen LogP contribution in [0.1, 0.15) is 6.42 Å². The first-order valence-electron chi connectivity index (χ1n) is 9.33. The van der Waals surface area contributed by atoms with Crippen LogP contribution in [0.3, 0.4) is 0 Å². The number of hydrogen-bond donors (Lipinski definition) is 0. The van der Waals surface area contributed by atoms with Crippen molar-refractivity contribution in [2.75, 3.05) is 36.8 Å². The summed E-state index contributed by atoms with van der Waals surface area (Å²) in [5, 5.41) is 9.00. The molecule has 2 aromatic heterocycles. The van der Waals surface area contributed by atoms with Gasteiger partial charge in [0.25, 0.3) is 0 Å². The van der Waals surface area contributed by atoms with Crippen LogP contribution in [-0.4, -0.2) is 62.5 Å². The van der Waals surface area contributed by atoms with Crippen molar-refractivity contribution in [3.63, 3.8) is 0 Å². The topological polar surface area (TPSA) is 67.2 Å². The predicted molar refractivity (Wildman–Crippen MR) is 110 cm³/mol. The van der Waals surface area contributed by atoms with Gasteiger partial charge in [-0.05, 0) is 24.3 Å². The summed E-state index contributed by atoms with van der Waals surface area (Å²) in [7, 11) is 0. The number of nitrogens with zero attached hydrogens (tertiary/aromatic N) is 6. The van der Waals surface area contributed by atoms with Gasteiger partial charge in [-0.3, -0.25) is 9.36 Å². The smallest absolute Gasteiger partial charge is 0.223 e. The average molecular weight is 395 g/mol. The van der Waals surface area contributed by atoms with Gasteiger partial charge < -0.3 is 9.80 Å². The first kappa shape index (κ1) is 18.5. The van der Waals surface area contributed by atoms with Crippen LogP contribution in [0.4, 0.5) is 5.82 Å². The Kier molecular flexibility index (Phi) is 5.86. The first-order valence-corrected chi connectivity index (χ1v) is 10.3. The largest absolute Gasteiger partial charge is 0.353 e. The van der Waals surface area contributed by atoms with E-state index in [4.69, 9.17) is 0 Å². The van der Waals surface area contributed by atoms with Crippen LogP contribution in [0.15, 0.2) is 66.2 Å². The van der Waals surface area contributed by atoms with Gasteiger partial charge in [0.2, 0.25) is 5.91 Å². The number of thioether (sulfide) groups is 1. The number of para-hydroxylation sites is 1. The maximum absolute atomic E-state index is 12.6. The predicted octanol–water partition coefficient (Wildman–Crippen LogP) is 2.49. The standard InChI is InChI=1S/C20H22N6OS/c27-19(25-13-11-24(12-14-25)18-8-4-5-10-21-18)9-15-28-20-23-22-16-26(20)17-6-2-1-3-7-17/h1-8,10,16H,9,11-15H2. The highest BCUT2D eigenvalue weighted by Gasteiger charge is 2.21. The summed E-state index contributed by atoms with van der Waals surface area (Å²) in [6.07, 6.45) is 4.00. The third kappa shape index (κ3) is 4.33. The normalized spacial score (nSPS) is 14.3. The number of aromatic nitrogens is 4. The molecule has 0 spiro atoms. The van der Waals surface area contributed by atoms with E-state index in [-0.39, 0.29) is 5.91 Å². The van der Waals surface area contributed by atoms with Gasteiger partial charge >= 0.3 is 0 Å². The maximum Gasteiger partial charge on any atom is 0.223 e. The van der Waals surface area contributed by atoms with E-state index in [2.05, 4.69) is 20.1 Å². The Bertz CT molecular complexity index is 893. The number of benzene rings is 1. The van der Waals surface area contributed by atoms with Crippen molar-refractivity contribution in [3.05, 3.63) is 61.1 Å². The third-order valence-electron chi connectivity index (χ3n) is 4.70. The fraction of sp³-hybridized carbons (Fsp3) is 0.300. The van der Waals surface area contributed by atoms with Crippen molar-refractivity contribution in [2.24, 2.45) is 0 Å². The van der Waals surface area contributed by atoms with E-state index in [0.29, 0.717) is 12.2 Å². The first-order chi connectivity index (χ1) is 13.8. The van der Waals surface area contributed by atoms with Crippen LogP contribution >= 0.6 is 11.8 Å². The highest BCUT2D eigenvalue weighted by atomic mass is 32.2. The van der Waals surface area contributed by atoms with Crippen molar-refractivity contribution >= 4 is 23.5 Å². The number of amides is 1. The zero-order valence-electron chi connectivity index (χ0n) is 15.5. The number of carbonyl (C=O) groups excluding carboxylic acids is 1. The summed E-state index contributed by atoms with van der Waals surface area (Å²) in [6, 6.07) is 15.9. The number of pyridine rings is 1. The quantitative estimate of drug-likeness (QED) is 0.599. The van der Waals surface area contributed by atoms with Gasteiger partial charge in [0.05, 0.1) is 0 Å². The van der Waals surface area contributed by atoms with Gasteiger partial charge in [0.15, 0.2) is 5.16 Å². The van der Waals surface area contributed by atoms with E-state index in [0.717, 1.165) is 42.8 Å². The van der Waals surface area contributed by atoms with Crippen LogP contribution in [-0.2, 0) is 4.79 Å². The second kappa shape index (κ2) is 8.88. The molecule has 0 unspecified atom stereocenters. The Balaban J connectivity index is 1.26. The Morgan fingerprint density at radius 1 is 1.00 bits per heavy atom. The summed E-state index contributed by atoms with van der Waals surface area (Å²) < 4.78 is 1.95. The highest BCUT2D eigenvalue weighted by molar-refractivity contribution is 7.99. The van der Waals surface area contributed by atoms with E-state index in [1.165, 1.54) is 0 Å². The molecular weight excluding hydrogens is 372 g/mol. The monoisotopic (exact) mass is 394 g/mol. The van der Waals surface area contributed by atoms with Crippen LogP contribution in [0.2, 0.25) is 0 Å². The zero-order valence-corrected chi connectivity index (χ0v) is 16.3. The lowest BCUT2D eigenvalue weighted by atomic mass is 10.3. The SMILES string of the molecule is O=C(CCSc1nncn1-c1ccccc1)N1CCN(c2ccccn2)CC1. The molecule has 0 radical (unpaired) electrons. The molecule has 7 nitrogen and oxygen atoms in total. The molecule has 1 amide bonds. The van der Waals surface area contributed by atoms with Gasteiger partial charge in [0.1, 0.15) is 12.1 Å². The maximum atomic E-state index is 12.6. The second-order valence-corrected chi connectivity index (χ2v) is 7.54. The molecule has 4 rings (SSSR count). The lowest BCUT2D eigenvalue weighted by Gasteiger charge is -2.35. The van der Waals surface area contributed by atoms with E-state index >= 15 is 0 Å². The minimum Gasteiger partial charge on any atom is -0.353 e. The Hall–Kier alpha value is -2.87. The van der Waals surface area contributed by atoms with E-state index in [9.17, 15) is 4.79 Å². The molecular formula is C20H22N6OS. The molecule has 3 aromatic rings. The molecule has 1 aliphatic rings. The lowest BCUT2D eigenvalue weighted by molar-refractivity contribution is -0.131. The fourth-order valence-electron chi connectivity index (χ4n) is 3.20. The van der Waals surface area contributed by atoms with Gasteiger partial charge in [0, 0.05) is 50.2 Å². The van der Waals surface area contributed by atoms with Crippen LogP contribution in [0, 0.1) is 0 Å². The molecule has 1 saturated heterocycles. The summed E-state index contributed by atoms with van der Waals surface area (Å²) in [6.45, 7) is 3.11. The number of rotatable bonds is 6. The molecule has 1 aromatic carbocycles. The van der Waals surface area contributed by atoms with Gasteiger partial charge in [-0.1, -0.05) is 36.0 Å². The van der Waals surface area contributed by atoms with Gasteiger partial charge in [-0.15, -0.1) is 10.2 Å². The molecule has 1 fully saturated rings. The van der Waals surface area contributed by atoms with Crippen LogP contribution < -0.4 is 4.90 Å². The molecule has 0 atom stereocenters.